The van der Waals surface area contributed by atoms with E-state index in [1.807, 2.05) is 0 Å². The SMILES string of the molecule is [2H]N1CCC(N2CCc3ccccc3C2)C(O)C1. The van der Waals surface area contributed by atoms with Crippen LogP contribution in [0.4, 0.5) is 0 Å². The molecular formula is C14H20N2O. The molecule has 1 saturated heterocycles. The van der Waals surface area contributed by atoms with E-state index >= 15 is 0 Å². The van der Waals surface area contributed by atoms with E-state index in [4.69, 9.17) is 1.41 Å². The third kappa shape index (κ3) is 2.23. The summed E-state index contributed by atoms with van der Waals surface area (Å²) in [5.41, 5.74) is 2.84. The van der Waals surface area contributed by atoms with Crippen LogP contribution in [0.15, 0.2) is 24.3 Å². The molecule has 0 aliphatic carbocycles. The molecule has 3 nitrogen and oxygen atoms in total. The molecule has 1 aromatic carbocycles. The molecular weight excluding hydrogens is 212 g/mol. The van der Waals surface area contributed by atoms with Crippen molar-refractivity contribution in [2.24, 2.45) is 0 Å². The molecule has 17 heavy (non-hydrogen) atoms. The quantitative estimate of drug-likeness (QED) is 0.752. The fourth-order valence-corrected chi connectivity index (χ4v) is 2.99. The number of fused-ring (bicyclic) bond motifs is 1. The number of rotatable bonds is 1. The largest absolute Gasteiger partial charge is 0.390 e. The molecule has 2 N–H and O–H groups in total. The molecule has 2 heterocycles. The zero-order valence-corrected chi connectivity index (χ0v) is 10.0. The number of benzene rings is 1. The summed E-state index contributed by atoms with van der Waals surface area (Å²) >= 11 is 0. The first-order chi connectivity index (χ1) is 8.74. The van der Waals surface area contributed by atoms with Crippen molar-refractivity contribution < 1.29 is 6.52 Å². The fourth-order valence-electron chi connectivity index (χ4n) is 2.99. The third-order valence-electron chi connectivity index (χ3n) is 3.97. The topological polar surface area (TPSA) is 35.5 Å². The van der Waals surface area contributed by atoms with Gasteiger partial charge < -0.3 is 10.4 Å². The van der Waals surface area contributed by atoms with E-state index < -0.39 is 0 Å². The van der Waals surface area contributed by atoms with Crippen LogP contribution in [0.3, 0.4) is 0 Å². The minimum Gasteiger partial charge on any atom is -0.390 e. The van der Waals surface area contributed by atoms with Gasteiger partial charge in [0.2, 0.25) is 0 Å². The maximum absolute atomic E-state index is 10.1. The van der Waals surface area contributed by atoms with Gasteiger partial charge >= 0.3 is 0 Å². The third-order valence-corrected chi connectivity index (χ3v) is 3.97. The minimum atomic E-state index is -0.387. The van der Waals surface area contributed by atoms with E-state index in [2.05, 4.69) is 29.2 Å². The second-order valence-corrected chi connectivity index (χ2v) is 5.04. The number of aliphatic hydroxyl groups is 1. The second kappa shape index (κ2) is 4.77. The van der Waals surface area contributed by atoms with Crippen LogP contribution in [0, 0.1) is 0 Å². The van der Waals surface area contributed by atoms with Crippen LogP contribution in [0.5, 0.6) is 0 Å². The lowest BCUT2D eigenvalue weighted by Gasteiger charge is -2.40. The summed E-state index contributed by atoms with van der Waals surface area (Å²) in [6.45, 7) is 3.20. The molecule has 0 saturated carbocycles. The molecule has 0 aromatic heterocycles. The van der Waals surface area contributed by atoms with Crippen molar-refractivity contribution in [1.29, 1.82) is 0 Å². The van der Waals surface area contributed by atoms with Crippen molar-refractivity contribution >= 4 is 0 Å². The minimum absolute atomic E-state index is 0.222. The predicted molar refractivity (Wildman–Crippen MR) is 67.8 cm³/mol. The average molecular weight is 233 g/mol. The number of β-amino-alcohol motifs (C(OH)–C–C–N with tert-alkyl or cyclic N) is 1. The monoisotopic (exact) mass is 233 g/mol. The Balaban J connectivity index is 1.72. The molecule has 2 atom stereocenters. The summed E-state index contributed by atoms with van der Waals surface area (Å²) in [5, 5.41) is 11.6. The molecule has 0 amide bonds. The molecule has 0 spiro atoms. The van der Waals surface area contributed by atoms with Gasteiger partial charge in [0.15, 0.2) is 0 Å². The molecule has 2 unspecified atom stereocenters. The van der Waals surface area contributed by atoms with Gasteiger partial charge in [0.05, 0.1) is 6.10 Å². The van der Waals surface area contributed by atoms with Gasteiger partial charge in [-0.15, -0.1) is 0 Å². The number of aliphatic hydroxyl groups excluding tert-OH is 1. The Morgan fingerprint density at radius 1 is 1.35 bits per heavy atom. The van der Waals surface area contributed by atoms with E-state index in [0.717, 1.165) is 32.5 Å². The van der Waals surface area contributed by atoms with E-state index in [-0.39, 0.29) is 12.1 Å². The lowest BCUT2D eigenvalue weighted by atomic mass is 9.95. The fraction of sp³-hybridized carbons (Fsp3) is 0.571. The maximum Gasteiger partial charge on any atom is 0.122 e. The smallest absolute Gasteiger partial charge is 0.122 e. The number of hydrogen-bond donors (Lipinski definition) is 2. The van der Waals surface area contributed by atoms with Crippen LogP contribution in [-0.4, -0.2) is 41.8 Å². The lowest BCUT2D eigenvalue weighted by Crippen LogP contribution is -2.53. The van der Waals surface area contributed by atoms with Crippen LogP contribution < -0.4 is 5.31 Å². The summed E-state index contributed by atoms with van der Waals surface area (Å²) < 4.78 is 7.58. The van der Waals surface area contributed by atoms with Gasteiger partial charge in [-0.3, -0.25) is 4.90 Å². The van der Waals surface area contributed by atoms with Crippen LogP contribution in [-0.2, 0) is 13.0 Å². The molecule has 2 aliphatic rings. The van der Waals surface area contributed by atoms with Crippen LogP contribution >= 0.6 is 0 Å². The molecule has 0 radical (unpaired) electrons. The summed E-state index contributed by atoms with van der Waals surface area (Å²) in [6.07, 6.45) is 1.58. The maximum atomic E-state index is 10.1. The lowest BCUT2D eigenvalue weighted by molar-refractivity contribution is 0.0220. The predicted octanol–water partition coefficient (Wildman–Crippen LogP) is 0.767. The summed E-state index contributed by atoms with van der Waals surface area (Å²) in [6, 6.07) is 8.80. The Morgan fingerprint density at radius 3 is 3.00 bits per heavy atom. The van der Waals surface area contributed by atoms with Gasteiger partial charge in [-0.25, -0.2) is 0 Å². The zero-order chi connectivity index (χ0) is 12.5. The molecule has 92 valence electrons. The highest BCUT2D eigenvalue weighted by molar-refractivity contribution is 5.29. The van der Waals surface area contributed by atoms with Crippen molar-refractivity contribution in [3.8, 4) is 0 Å². The van der Waals surface area contributed by atoms with Gasteiger partial charge in [0.1, 0.15) is 1.41 Å². The number of nitrogens with one attached hydrogen (secondary N) is 1. The molecule has 1 aromatic rings. The summed E-state index contributed by atoms with van der Waals surface area (Å²) in [4.78, 5) is 2.39. The Bertz CT molecular complexity index is 426. The van der Waals surface area contributed by atoms with Crippen molar-refractivity contribution in [2.45, 2.75) is 31.5 Å². The molecule has 1 fully saturated rings. The van der Waals surface area contributed by atoms with E-state index in [0.29, 0.717) is 6.54 Å². The van der Waals surface area contributed by atoms with E-state index in [1.165, 1.54) is 16.4 Å². The van der Waals surface area contributed by atoms with Crippen molar-refractivity contribution in [3.05, 3.63) is 35.4 Å². The van der Waals surface area contributed by atoms with Crippen molar-refractivity contribution in [2.75, 3.05) is 19.6 Å². The molecule has 2 aliphatic heterocycles. The Labute approximate surface area is 104 Å². The number of nitrogens with zero attached hydrogens (tertiary/aromatic N) is 1. The second-order valence-electron chi connectivity index (χ2n) is 5.04. The first kappa shape index (κ1) is 10.1. The first-order valence-electron chi connectivity index (χ1n) is 6.91. The average Bonchev–Trinajstić information content (AvgIpc) is 2.38. The zero-order valence-electron chi connectivity index (χ0n) is 11.0. The van der Waals surface area contributed by atoms with Crippen molar-refractivity contribution in [3.63, 3.8) is 0 Å². The van der Waals surface area contributed by atoms with Gasteiger partial charge in [0.25, 0.3) is 0 Å². The highest BCUT2D eigenvalue weighted by Gasteiger charge is 2.30. The van der Waals surface area contributed by atoms with E-state index in [9.17, 15) is 5.11 Å². The van der Waals surface area contributed by atoms with Crippen LogP contribution in [0.25, 0.3) is 0 Å². The molecule has 0 bridgehead atoms. The standard InChI is InChI=1S/C14H20N2O/c17-14-9-15-7-5-13(14)16-8-6-11-3-1-2-4-12(11)10-16/h1-4,13-15,17H,5-10H2/i/hD. The Hall–Kier alpha value is -0.900. The van der Waals surface area contributed by atoms with Gasteiger partial charge in [-0.05, 0) is 30.5 Å². The molecule has 3 rings (SSSR count). The number of hydrogen-bond acceptors (Lipinski definition) is 3. The van der Waals surface area contributed by atoms with Gasteiger partial charge in [0, 0.05) is 25.7 Å². The number of piperidine rings is 1. The van der Waals surface area contributed by atoms with Crippen molar-refractivity contribution in [1.82, 2.24) is 10.2 Å². The van der Waals surface area contributed by atoms with E-state index in [1.54, 1.807) is 0 Å². The van der Waals surface area contributed by atoms with Crippen LogP contribution in [0.1, 0.15) is 17.5 Å². The highest BCUT2D eigenvalue weighted by Crippen LogP contribution is 2.23. The summed E-state index contributed by atoms with van der Waals surface area (Å²) in [5.74, 6) is 0. The van der Waals surface area contributed by atoms with Gasteiger partial charge in [-0.2, -0.15) is 0 Å². The molecule has 3 heteroatoms. The summed E-state index contributed by atoms with van der Waals surface area (Å²) in [7, 11) is 0. The Morgan fingerprint density at radius 2 is 2.18 bits per heavy atom. The van der Waals surface area contributed by atoms with Crippen LogP contribution in [0.2, 0.25) is 1.41 Å². The van der Waals surface area contributed by atoms with Gasteiger partial charge in [-0.1, -0.05) is 24.3 Å². The highest BCUT2D eigenvalue weighted by atomic mass is 16.3. The first-order valence-corrected chi connectivity index (χ1v) is 6.47. The Kier molecular flexibility index (Phi) is 2.82. The normalized spacial score (nSPS) is 31.9.